The summed E-state index contributed by atoms with van der Waals surface area (Å²) in [6.45, 7) is 0. The van der Waals surface area contributed by atoms with Crippen molar-refractivity contribution in [2.75, 3.05) is 21.3 Å². The molecule has 0 spiro atoms. The normalized spacial score (nSPS) is 10.3. The second-order valence-electron chi connectivity index (χ2n) is 3.42. The van der Waals surface area contributed by atoms with Crippen LogP contribution < -0.4 is 9.47 Å². The lowest BCUT2D eigenvalue weighted by Gasteiger charge is -2.08. The van der Waals surface area contributed by atoms with Gasteiger partial charge in [0.2, 0.25) is 0 Å². The fourth-order valence-corrected chi connectivity index (χ4v) is 1.72. The first kappa shape index (κ1) is 11.3. The van der Waals surface area contributed by atoms with Crippen molar-refractivity contribution in [3.63, 3.8) is 0 Å². The highest BCUT2D eigenvalue weighted by atomic mass is 16.5. The van der Waals surface area contributed by atoms with Crippen molar-refractivity contribution >= 4 is 17.0 Å². The molecule has 0 aliphatic carbocycles. The predicted octanol–water partition coefficient (Wildman–Crippen LogP) is 2.27. The van der Waals surface area contributed by atoms with Crippen molar-refractivity contribution in [1.82, 2.24) is 4.57 Å². The number of fused-ring (bicyclic) bond motifs is 1. The third-order valence-electron chi connectivity index (χ3n) is 2.57. The third kappa shape index (κ3) is 1.80. The maximum absolute atomic E-state index is 11.5. The predicted molar refractivity (Wildman–Crippen MR) is 62.8 cm³/mol. The number of aromatic nitrogens is 1. The maximum Gasteiger partial charge on any atom is 0.418 e. The molecule has 17 heavy (non-hydrogen) atoms. The Hall–Kier alpha value is -2.17. The topological polar surface area (TPSA) is 49.7 Å². The van der Waals surface area contributed by atoms with E-state index in [2.05, 4.69) is 4.74 Å². The Balaban J connectivity index is 2.65. The standard InChI is InChI=1S/C12H13NO4/c1-15-10-6-8-4-5-13(12(14)17-3)9(8)7-11(10)16-2/h4-7H,1-3H3. The van der Waals surface area contributed by atoms with Crippen LogP contribution in [0.15, 0.2) is 24.4 Å². The van der Waals surface area contributed by atoms with E-state index in [1.54, 1.807) is 26.5 Å². The van der Waals surface area contributed by atoms with E-state index >= 15 is 0 Å². The molecule has 0 aliphatic heterocycles. The molecule has 0 radical (unpaired) electrons. The summed E-state index contributed by atoms with van der Waals surface area (Å²) < 4.78 is 16.5. The summed E-state index contributed by atoms with van der Waals surface area (Å²) in [6.07, 6.45) is 1.21. The van der Waals surface area contributed by atoms with Gasteiger partial charge in [-0.2, -0.15) is 0 Å². The van der Waals surface area contributed by atoms with Crippen LogP contribution in [0, 0.1) is 0 Å². The van der Waals surface area contributed by atoms with E-state index in [0.717, 1.165) is 10.9 Å². The summed E-state index contributed by atoms with van der Waals surface area (Å²) >= 11 is 0. The number of benzene rings is 1. The molecule has 0 unspecified atom stereocenters. The second kappa shape index (κ2) is 4.37. The van der Waals surface area contributed by atoms with E-state index in [-0.39, 0.29) is 0 Å². The fourth-order valence-electron chi connectivity index (χ4n) is 1.72. The molecule has 1 aromatic heterocycles. The van der Waals surface area contributed by atoms with Crippen LogP contribution in [0.2, 0.25) is 0 Å². The zero-order chi connectivity index (χ0) is 12.4. The molecule has 5 nitrogen and oxygen atoms in total. The van der Waals surface area contributed by atoms with Gasteiger partial charge in [0.1, 0.15) is 0 Å². The minimum atomic E-state index is -0.438. The van der Waals surface area contributed by atoms with Crippen LogP contribution >= 0.6 is 0 Å². The highest BCUT2D eigenvalue weighted by molar-refractivity contribution is 5.91. The zero-order valence-corrected chi connectivity index (χ0v) is 9.89. The molecule has 2 rings (SSSR count). The quantitative estimate of drug-likeness (QED) is 0.801. The largest absolute Gasteiger partial charge is 0.493 e. The van der Waals surface area contributed by atoms with Gasteiger partial charge in [0.25, 0.3) is 0 Å². The SMILES string of the molecule is COC(=O)n1ccc2cc(OC)c(OC)cc21. The molecule has 5 heteroatoms. The minimum Gasteiger partial charge on any atom is -0.493 e. The maximum atomic E-state index is 11.5. The zero-order valence-electron chi connectivity index (χ0n) is 9.89. The van der Waals surface area contributed by atoms with Crippen molar-refractivity contribution in [2.45, 2.75) is 0 Å². The van der Waals surface area contributed by atoms with Crippen LogP contribution in [-0.4, -0.2) is 32.0 Å². The molecule has 0 N–H and O–H groups in total. The molecule has 0 aliphatic rings. The lowest BCUT2D eigenvalue weighted by Crippen LogP contribution is -2.09. The fraction of sp³-hybridized carbons (Fsp3) is 0.250. The molecule has 0 saturated heterocycles. The molecule has 1 heterocycles. The van der Waals surface area contributed by atoms with E-state index in [9.17, 15) is 4.79 Å². The summed E-state index contributed by atoms with van der Waals surface area (Å²) in [5.74, 6) is 1.20. The van der Waals surface area contributed by atoms with E-state index in [0.29, 0.717) is 11.5 Å². The lowest BCUT2D eigenvalue weighted by atomic mass is 10.2. The summed E-state index contributed by atoms with van der Waals surface area (Å²) in [5, 5.41) is 0.882. The van der Waals surface area contributed by atoms with Gasteiger partial charge in [-0.15, -0.1) is 0 Å². The van der Waals surface area contributed by atoms with Crippen LogP contribution in [0.3, 0.4) is 0 Å². The van der Waals surface area contributed by atoms with Crippen molar-refractivity contribution in [1.29, 1.82) is 0 Å². The number of carbonyl (C=O) groups is 1. The Bertz CT molecular complexity index is 559. The lowest BCUT2D eigenvalue weighted by molar-refractivity contribution is 0.174. The van der Waals surface area contributed by atoms with Crippen molar-refractivity contribution in [2.24, 2.45) is 0 Å². The van der Waals surface area contributed by atoms with Gasteiger partial charge in [-0.1, -0.05) is 0 Å². The van der Waals surface area contributed by atoms with Gasteiger partial charge in [0, 0.05) is 17.6 Å². The van der Waals surface area contributed by atoms with E-state index in [1.165, 1.54) is 11.7 Å². The van der Waals surface area contributed by atoms with Gasteiger partial charge in [0.15, 0.2) is 11.5 Å². The summed E-state index contributed by atoms with van der Waals surface area (Å²) in [6, 6.07) is 5.37. The first-order valence-electron chi connectivity index (χ1n) is 5.02. The van der Waals surface area contributed by atoms with Crippen molar-refractivity contribution < 1.29 is 19.0 Å². The molecule has 2 aromatic rings. The van der Waals surface area contributed by atoms with E-state index in [1.807, 2.05) is 12.1 Å². The molecule has 1 aromatic carbocycles. The first-order chi connectivity index (χ1) is 8.21. The average Bonchev–Trinajstić information content (AvgIpc) is 2.78. The number of rotatable bonds is 2. The Morgan fingerprint density at radius 2 is 1.76 bits per heavy atom. The molecule has 90 valence electrons. The molecule has 0 fully saturated rings. The summed E-state index contributed by atoms with van der Waals surface area (Å²) in [7, 11) is 4.46. The van der Waals surface area contributed by atoms with Crippen LogP contribution in [0.4, 0.5) is 4.79 Å². The minimum absolute atomic E-state index is 0.438. The Kier molecular flexibility index (Phi) is 2.91. The van der Waals surface area contributed by atoms with Gasteiger partial charge in [-0.25, -0.2) is 4.79 Å². The van der Waals surface area contributed by atoms with E-state index in [4.69, 9.17) is 9.47 Å². The van der Waals surface area contributed by atoms with Crippen molar-refractivity contribution in [3.8, 4) is 11.5 Å². The Labute approximate surface area is 98.5 Å². The summed E-state index contributed by atoms with van der Waals surface area (Å²) in [5.41, 5.74) is 0.717. The van der Waals surface area contributed by atoms with Crippen molar-refractivity contribution in [3.05, 3.63) is 24.4 Å². The molecule has 0 atom stereocenters. The van der Waals surface area contributed by atoms with Crippen LogP contribution in [0.5, 0.6) is 11.5 Å². The number of methoxy groups -OCH3 is 3. The average molecular weight is 235 g/mol. The molecule has 0 saturated carbocycles. The van der Waals surface area contributed by atoms with Gasteiger partial charge < -0.3 is 14.2 Å². The van der Waals surface area contributed by atoms with Crippen LogP contribution in [0.25, 0.3) is 10.9 Å². The first-order valence-corrected chi connectivity index (χ1v) is 5.02. The third-order valence-corrected chi connectivity index (χ3v) is 2.57. The van der Waals surface area contributed by atoms with Gasteiger partial charge >= 0.3 is 6.09 Å². The van der Waals surface area contributed by atoms with Gasteiger partial charge in [-0.3, -0.25) is 4.57 Å². The van der Waals surface area contributed by atoms with Gasteiger partial charge in [-0.05, 0) is 12.1 Å². The Morgan fingerprint density at radius 1 is 1.12 bits per heavy atom. The smallest absolute Gasteiger partial charge is 0.418 e. The van der Waals surface area contributed by atoms with Crippen LogP contribution in [0.1, 0.15) is 0 Å². The Morgan fingerprint density at radius 3 is 2.35 bits per heavy atom. The molecule has 0 amide bonds. The number of hydrogen-bond acceptors (Lipinski definition) is 4. The molecular weight excluding hydrogens is 222 g/mol. The molecular formula is C12H13NO4. The second-order valence-corrected chi connectivity index (χ2v) is 3.42. The molecule has 0 bridgehead atoms. The highest BCUT2D eigenvalue weighted by Gasteiger charge is 2.12. The highest BCUT2D eigenvalue weighted by Crippen LogP contribution is 2.32. The summed E-state index contributed by atoms with van der Waals surface area (Å²) in [4.78, 5) is 11.5. The number of ether oxygens (including phenoxy) is 3. The number of nitrogens with zero attached hydrogens (tertiary/aromatic N) is 1. The number of hydrogen-bond donors (Lipinski definition) is 0. The monoisotopic (exact) mass is 235 g/mol. The van der Waals surface area contributed by atoms with Gasteiger partial charge in [0.05, 0.1) is 26.8 Å². The number of carbonyl (C=O) groups excluding carboxylic acids is 1. The van der Waals surface area contributed by atoms with Crippen LogP contribution in [-0.2, 0) is 4.74 Å². The van der Waals surface area contributed by atoms with E-state index < -0.39 is 6.09 Å².